The summed E-state index contributed by atoms with van der Waals surface area (Å²) < 4.78 is 0. The maximum Gasteiger partial charge on any atom is 0.298 e. The molecule has 2 aromatic carbocycles. The van der Waals surface area contributed by atoms with Gasteiger partial charge in [0.1, 0.15) is 5.69 Å². The molecule has 0 atom stereocenters. The molecular formula is C12H16Cl2N6O4. The minimum atomic E-state index is -0.762. The highest BCUT2D eigenvalue weighted by Crippen LogP contribution is 2.25. The number of halogens is 2. The molecule has 12 heteroatoms. The Balaban J connectivity index is 0. The number of nitrogen functional groups attached to an aromatic ring is 4. The summed E-state index contributed by atoms with van der Waals surface area (Å²) in [5, 5.41) is 20.5. The number of nitro groups is 2. The molecule has 0 aliphatic heterocycles. The summed E-state index contributed by atoms with van der Waals surface area (Å²) in [5.41, 5.74) is 22.3. The van der Waals surface area contributed by atoms with E-state index in [1.165, 1.54) is 0 Å². The quantitative estimate of drug-likeness (QED) is 0.347. The second kappa shape index (κ2) is 9.92. The van der Waals surface area contributed by atoms with E-state index < -0.39 is 15.5 Å². The number of nitrogens with zero attached hydrogens (tertiary/aromatic N) is 2. The fourth-order valence-corrected chi connectivity index (χ4v) is 1.40. The number of benzene rings is 2. The zero-order chi connectivity index (χ0) is 16.9. The predicted molar refractivity (Wildman–Crippen MR) is 98.3 cm³/mol. The van der Waals surface area contributed by atoms with Crippen LogP contribution in [0.5, 0.6) is 0 Å². The molecule has 0 bridgehead atoms. The van der Waals surface area contributed by atoms with Gasteiger partial charge in [-0.2, -0.15) is 0 Å². The molecule has 2 aromatic rings. The number of non-ortho nitro benzene ring substituents is 1. The molecule has 0 aliphatic carbocycles. The number of nitro benzene ring substituents is 2. The molecular weight excluding hydrogens is 363 g/mol. The average Bonchev–Trinajstić information content (AvgIpc) is 2.44. The van der Waals surface area contributed by atoms with Crippen LogP contribution in [0.3, 0.4) is 0 Å². The summed E-state index contributed by atoms with van der Waals surface area (Å²) >= 11 is 0. The van der Waals surface area contributed by atoms with Crippen LogP contribution in [0.1, 0.15) is 0 Å². The first-order chi connectivity index (χ1) is 10.2. The lowest BCUT2D eigenvalue weighted by atomic mass is 10.2. The van der Waals surface area contributed by atoms with Gasteiger partial charge in [-0.15, -0.1) is 24.8 Å². The van der Waals surface area contributed by atoms with E-state index in [4.69, 9.17) is 22.9 Å². The molecule has 0 spiro atoms. The molecule has 0 radical (unpaired) electrons. The largest absolute Gasteiger partial charge is 0.399 e. The van der Waals surface area contributed by atoms with Crippen LogP contribution in [0.15, 0.2) is 36.4 Å². The Labute approximate surface area is 148 Å². The van der Waals surface area contributed by atoms with Crippen molar-refractivity contribution < 1.29 is 9.85 Å². The van der Waals surface area contributed by atoms with Crippen molar-refractivity contribution in [3.8, 4) is 0 Å². The van der Waals surface area contributed by atoms with E-state index in [-0.39, 0.29) is 36.2 Å². The van der Waals surface area contributed by atoms with Crippen molar-refractivity contribution >= 4 is 58.9 Å². The predicted octanol–water partition coefficient (Wildman–Crippen LogP) is 2.36. The summed E-state index contributed by atoms with van der Waals surface area (Å²) in [7, 11) is 0. The van der Waals surface area contributed by atoms with Gasteiger partial charge in [-0.3, -0.25) is 20.2 Å². The SMILES string of the molecule is Cl.Cl.Nc1ccc(N)c(N)c1.Nc1ccc([N+](=O)[O-])cc1[N+](=O)[O-]. The van der Waals surface area contributed by atoms with Crippen LogP contribution < -0.4 is 22.9 Å². The summed E-state index contributed by atoms with van der Waals surface area (Å²) in [4.78, 5) is 19.1. The average molecular weight is 379 g/mol. The van der Waals surface area contributed by atoms with Gasteiger partial charge in [0.25, 0.3) is 11.4 Å². The lowest BCUT2D eigenvalue weighted by molar-refractivity contribution is -0.393. The Morgan fingerprint density at radius 3 is 1.67 bits per heavy atom. The fourth-order valence-electron chi connectivity index (χ4n) is 1.40. The number of hydrogen-bond acceptors (Lipinski definition) is 8. The Morgan fingerprint density at radius 1 is 0.708 bits per heavy atom. The van der Waals surface area contributed by atoms with E-state index in [1.54, 1.807) is 18.2 Å². The Bertz CT molecular complexity index is 729. The van der Waals surface area contributed by atoms with E-state index in [2.05, 4.69) is 0 Å². The molecule has 0 saturated carbocycles. The van der Waals surface area contributed by atoms with Crippen molar-refractivity contribution in [3.63, 3.8) is 0 Å². The third kappa shape index (κ3) is 6.42. The van der Waals surface area contributed by atoms with Crippen LogP contribution in [0, 0.1) is 20.2 Å². The molecule has 0 aliphatic rings. The maximum absolute atomic E-state index is 10.3. The van der Waals surface area contributed by atoms with Crippen molar-refractivity contribution in [2.24, 2.45) is 0 Å². The molecule has 2 rings (SSSR count). The van der Waals surface area contributed by atoms with Gasteiger partial charge in [0.2, 0.25) is 0 Å². The lowest BCUT2D eigenvalue weighted by Crippen LogP contribution is -1.97. The van der Waals surface area contributed by atoms with Crippen molar-refractivity contribution in [2.75, 3.05) is 22.9 Å². The van der Waals surface area contributed by atoms with Crippen LogP contribution in [0.2, 0.25) is 0 Å². The van der Waals surface area contributed by atoms with Crippen molar-refractivity contribution in [1.29, 1.82) is 0 Å². The normalized spacial score (nSPS) is 8.67. The molecule has 10 nitrogen and oxygen atoms in total. The molecule has 24 heavy (non-hydrogen) atoms. The number of rotatable bonds is 2. The maximum atomic E-state index is 10.3. The van der Waals surface area contributed by atoms with E-state index in [1.807, 2.05) is 0 Å². The lowest BCUT2D eigenvalue weighted by Gasteiger charge is -1.98. The third-order valence-electron chi connectivity index (χ3n) is 2.53. The van der Waals surface area contributed by atoms with Crippen LogP contribution in [-0.4, -0.2) is 9.85 Å². The highest BCUT2D eigenvalue weighted by atomic mass is 35.5. The van der Waals surface area contributed by atoms with E-state index >= 15 is 0 Å². The van der Waals surface area contributed by atoms with Gasteiger partial charge in [0.05, 0.1) is 27.3 Å². The molecule has 0 saturated heterocycles. The van der Waals surface area contributed by atoms with Crippen molar-refractivity contribution in [2.45, 2.75) is 0 Å². The fraction of sp³-hybridized carbons (Fsp3) is 0. The number of anilines is 4. The molecule has 0 fully saturated rings. The zero-order valence-electron chi connectivity index (χ0n) is 12.1. The van der Waals surface area contributed by atoms with E-state index in [9.17, 15) is 20.2 Å². The van der Waals surface area contributed by atoms with Crippen molar-refractivity contribution in [1.82, 2.24) is 0 Å². The van der Waals surface area contributed by atoms with Crippen LogP contribution in [0.4, 0.5) is 34.1 Å². The van der Waals surface area contributed by atoms with E-state index in [0.29, 0.717) is 17.1 Å². The van der Waals surface area contributed by atoms with Crippen LogP contribution in [0.25, 0.3) is 0 Å². The zero-order valence-corrected chi connectivity index (χ0v) is 13.8. The first-order valence-electron chi connectivity index (χ1n) is 5.81. The Kier molecular flexibility index (Phi) is 9.63. The summed E-state index contributed by atoms with van der Waals surface area (Å²) in [6.45, 7) is 0. The summed E-state index contributed by atoms with van der Waals surface area (Å²) in [6, 6.07) is 8.11. The van der Waals surface area contributed by atoms with E-state index in [0.717, 1.165) is 18.2 Å². The Morgan fingerprint density at radius 2 is 1.25 bits per heavy atom. The van der Waals surface area contributed by atoms with Crippen LogP contribution in [-0.2, 0) is 0 Å². The molecule has 0 unspecified atom stereocenters. The van der Waals surface area contributed by atoms with Gasteiger partial charge in [-0.1, -0.05) is 0 Å². The highest BCUT2D eigenvalue weighted by molar-refractivity contribution is 5.85. The topological polar surface area (TPSA) is 190 Å². The Hall–Kier alpha value is -2.98. The van der Waals surface area contributed by atoms with Crippen molar-refractivity contribution in [3.05, 3.63) is 56.6 Å². The molecule has 0 aromatic heterocycles. The number of hydrogen-bond donors (Lipinski definition) is 4. The first kappa shape index (κ1) is 23.3. The molecule has 0 amide bonds. The molecule has 8 N–H and O–H groups in total. The minimum absolute atomic E-state index is 0. The van der Waals surface area contributed by atoms with Gasteiger partial charge in [0.15, 0.2) is 0 Å². The van der Waals surface area contributed by atoms with Gasteiger partial charge in [-0.05, 0) is 24.3 Å². The first-order valence-corrected chi connectivity index (χ1v) is 5.81. The second-order valence-electron chi connectivity index (χ2n) is 4.15. The molecule has 132 valence electrons. The second-order valence-corrected chi connectivity index (χ2v) is 4.15. The van der Waals surface area contributed by atoms with Crippen LogP contribution >= 0.6 is 24.8 Å². The third-order valence-corrected chi connectivity index (χ3v) is 2.53. The van der Waals surface area contributed by atoms with Gasteiger partial charge in [0, 0.05) is 11.8 Å². The standard InChI is InChI=1S/C6H5N3O4.C6H9N3.2ClH/c7-5-2-1-4(8(10)11)3-6(5)9(12)13;7-4-1-2-5(8)6(9)3-4;;/h1-3H,7H2;1-3H,7-9H2;2*1H. The molecule has 0 heterocycles. The summed E-state index contributed by atoms with van der Waals surface area (Å²) in [6.07, 6.45) is 0. The summed E-state index contributed by atoms with van der Waals surface area (Å²) in [5.74, 6) is 0. The van der Waals surface area contributed by atoms with Gasteiger partial charge >= 0.3 is 0 Å². The van der Waals surface area contributed by atoms with Gasteiger partial charge in [-0.25, -0.2) is 0 Å². The monoisotopic (exact) mass is 378 g/mol. The highest BCUT2D eigenvalue weighted by Gasteiger charge is 2.16. The smallest absolute Gasteiger partial charge is 0.298 e. The minimum Gasteiger partial charge on any atom is -0.399 e. The number of nitrogens with two attached hydrogens (primary N) is 4. The van der Waals surface area contributed by atoms with Gasteiger partial charge < -0.3 is 22.9 Å².